The monoisotopic (exact) mass is 600 g/mol. The van der Waals surface area contributed by atoms with E-state index in [1.54, 1.807) is 13.0 Å². The molecule has 2 aromatic heterocycles. The van der Waals surface area contributed by atoms with E-state index in [1.807, 2.05) is 18.2 Å². The maximum atomic E-state index is 16.7. The van der Waals surface area contributed by atoms with Crippen molar-refractivity contribution < 1.29 is 13.5 Å². The molecule has 7 rings (SSSR count). The van der Waals surface area contributed by atoms with E-state index in [0.29, 0.717) is 46.5 Å². The van der Waals surface area contributed by atoms with E-state index < -0.39 is 5.82 Å². The van der Waals surface area contributed by atoms with Crippen molar-refractivity contribution in [2.75, 3.05) is 38.5 Å². The Morgan fingerprint density at radius 3 is 2.70 bits per heavy atom. The first kappa shape index (κ1) is 29.3. The quantitative estimate of drug-likeness (QED) is 0.232. The van der Waals surface area contributed by atoms with E-state index in [0.717, 1.165) is 70.1 Å². The molecule has 232 valence electrons. The van der Waals surface area contributed by atoms with Gasteiger partial charge in [-0.25, -0.2) is 13.8 Å². The molecule has 0 radical (unpaired) electrons. The topological polar surface area (TPSA) is 89.2 Å². The molecule has 3 fully saturated rings. The number of nitrogen functional groups attached to an aromatic ring is 1. The number of halogens is 2. The second-order valence-corrected chi connectivity index (χ2v) is 13.1. The van der Waals surface area contributed by atoms with Crippen LogP contribution in [0.15, 0.2) is 30.3 Å². The Kier molecular flexibility index (Phi) is 8.10. The number of hydrogen-bond acceptors (Lipinski definition) is 7. The van der Waals surface area contributed by atoms with E-state index >= 15 is 4.39 Å². The van der Waals surface area contributed by atoms with Gasteiger partial charge in [0, 0.05) is 5.56 Å². The Hall–Kier alpha value is -3.43. The van der Waals surface area contributed by atoms with Gasteiger partial charge in [-0.05, 0) is 119 Å². The van der Waals surface area contributed by atoms with Crippen molar-refractivity contribution >= 4 is 27.5 Å². The molecular weight excluding hydrogens is 558 g/mol. The number of anilines is 1. The predicted octanol–water partition coefficient (Wildman–Crippen LogP) is 6.73. The lowest BCUT2D eigenvalue weighted by Crippen LogP contribution is -2.43. The van der Waals surface area contributed by atoms with Gasteiger partial charge in [0.05, 0.1) is 16.6 Å². The molecule has 3 aliphatic rings. The standard InChI is InChI=1S/C35H42F2N6O/c1-22-26(36)14-13-24-10-5-11-25(28(22)24)31-30(37)32-29(27(40-31)12-4-9-23-8-2-3-17-39-20-23)33(38)42-34(41-32)44-21-35-15-6-18-43(35)19-7-16-35/h5,10-11,13-14,23,39H,2-4,6-9,12,15-21H2,1H3,(H2,38,41,42). The Labute approximate surface area is 257 Å². The van der Waals surface area contributed by atoms with Crippen molar-refractivity contribution in [2.24, 2.45) is 5.92 Å². The largest absolute Gasteiger partial charge is 0.461 e. The van der Waals surface area contributed by atoms with Crippen molar-refractivity contribution in [3.05, 3.63) is 53.2 Å². The molecule has 3 N–H and O–H groups in total. The van der Waals surface area contributed by atoms with Crippen LogP contribution < -0.4 is 15.8 Å². The molecule has 0 amide bonds. The normalized spacial score (nSPS) is 20.3. The molecule has 0 saturated carbocycles. The second kappa shape index (κ2) is 12.2. The summed E-state index contributed by atoms with van der Waals surface area (Å²) in [5.41, 5.74) is 8.51. The lowest BCUT2D eigenvalue weighted by Gasteiger charge is -2.31. The number of pyridine rings is 1. The number of fused-ring (bicyclic) bond motifs is 3. The fourth-order valence-corrected chi connectivity index (χ4v) is 7.96. The van der Waals surface area contributed by atoms with Gasteiger partial charge in [0.1, 0.15) is 29.5 Å². The lowest BCUT2D eigenvalue weighted by atomic mass is 9.94. The third kappa shape index (κ3) is 5.38. The second-order valence-electron chi connectivity index (χ2n) is 13.1. The van der Waals surface area contributed by atoms with Crippen molar-refractivity contribution in [1.82, 2.24) is 25.2 Å². The van der Waals surface area contributed by atoms with Crippen molar-refractivity contribution in [1.29, 1.82) is 0 Å². The smallest absolute Gasteiger partial charge is 0.319 e. The van der Waals surface area contributed by atoms with E-state index in [1.165, 1.54) is 25.3 Å². The number of ether oxygens (including phenoxy) is 1. The van der Waals surface area contributed by atoms with Gasteiger partial charge in [0.2, 0.25) is 0 Å². The van der Waals surface area contributed by atoms with E-state index in [2.05, 4.69) is 20.2 Å². The van der Waals surface area contributed by atoms with Crippen LogP contribution >= 0.6 is 0 Å². The first-order valence-corrected chi connectivity index (χ1v) is 16.4. The van der Waals surface area contributed by atoms with Crippen LogP contribution in [0, 0.1) is 24.5 Å². The summed E-state index contributed by atoms with van der Waals surface area (Å²) in [6.45, 7) is 6.45. The van der Waals surface area contributed by atoms with Gasteiger partial charge in [-0.1, -0.05) is 30.7 Å². The zero-order valence-corrected chi connectivity index (χ0v) is 25.6. The summed E-state index contributed by atoms with van der Waals surface area (Å²) in [4.78, 5) is 16.6. The number of hydrogen-bond donors (Lipinski definition) is 2. The van der Waals surface area contributed by atoms with Gasteiger partial charge in [0.25, 0.3) is 0 Å². The fraction of sp³-hybridized carbons (Fsp3) is 0.514. The van der Waals surface area contributed by atoms with E-state index in [4.69, 9.17) is 15.5 Å². The number of rotatable bonds is 8. The molecule has 0 aliphatic carbocycles. The van der Waals surface area contributed by atoms with Crippen LogP contribution in [0.5, 0.6) is 6.01 Å². The average Bonchev–Trinajstić information content (AvgIpc) is 3.50. The van der Waals surface area contributed by atoms with Crippen LogP contribution in [-0.4, -0.2) is 58.2 Å². The number of benzene rings is 2. The molecular formula is C35H42F2N6O. The molecule has 9 heteroatoms. The van der Waals surface area contributed by atoms with Crippen molar-refractivity contribution in [2.45, 2.75) is 76.7 Å². The minimum Gasteiger partial charge on any atom is -0.461 e. The average molecular weight is 601 g/mol. The van der Waals surface area contributed by atoms with Crippen LogP contribution in [0.25, 0.3) is 32.9 Å². The van der Waals surface area contributed by atoms with Gasteiger partial charge >= 0.3 is 6.01 Å². The zero-order chi connectivity index (χ0) is 30.3. The van der Waals surface area contributed by atoms with Gasteiger partial charge in [-0.2, -0.15) is 9.97 Å². The van der Waals surface area contributed by atoms with Crippen LogP contribution in [0.3, 0.4) is 0 Å². The third-order valence-corrected chi connectivity index (χ3v) is 10.3. The summed E-state index contributed by atoms with van der Waals surface area (Å²) in [6, 6.07) is 8.84. The molecule has 0 bridgehead atoms. The van der Waals surface area contributed by atoms with Crippen LogP contribution in [-0.2, 0) is 6.42 Å². The molecule has 44 heavy (non-hydrogen) atoms. The fourth-order valence-electron chi connectivity index (χ4n) is 7.96. The van der Waals surface area contributed by atoms with E-state index in [9.17, 15) is 4.39 Å². The minimum absolute atomic E-state index is 0.00238. The SMILES string of the molecule is Cc1c(F)ccc2cccc(-c3nc(CCCC4CCCCNC4)c4c(N)nc(OCC56CCCN5CCC6)nc4c3F)c12. The highest BCUT2D eigenvalue weighted by molar-refractivity contribution is 6.01. The molecule has 7 nitrogen and oxygen atoms in total. The summed E-state index contributed by atoms with van der Waals surface area (Å²) in [7, 11) is 0. The summed E-state index contributed by atoms with van der Waals surface area (Å²) < 4.78 is 37.7. The third-order valence-electron chi connectivity index (χ3n) is 10.3. The van der Waals surface area contributed by atoms with Gasteiger partial charge < -0.3 is 15.8 Å². The summed E-state index contributed by atoms with van der Waals surface area (Å²) in [6.07, 6.45) is 10.7. The first-order valence-electron chi connectivity index (χ1n) is 16.4. The molecule has 0 spiro atoms. The van der Waals surface area contributed by atoms with Crippen molar-refractivity contribution in [3.63, 3.8) is 0 Å². The Morgan fingerprint density at radius 2 is 1.86 bits per heavy atom. The Balaban J connectivity index is 1.30. The maximum absolute atomic E-state index is 16.7. The van der Waals surface area contributed by atoms with Crippen LogP contribution in [0.4, 0.5) is 14.6 Å². The Morgan fingerprint density at radius 1 is 1.02 bits per heavy atom. The molecule has 1 unspecified atom stereocenters. The summed E-state index contributed by atoms with van der Waals surface area (Å²) in [5, 5.41) is 5.47. The highest BCUT2D eigenvalue weighted by Crippen LogP contribution is 2.40. The maximum Gasteiger partial charge on any atom is 0.319 e. The first-order chi connectivity index (χ1) is 21.4. The zero-order valence-electron chi connectivity index (χ0n) is 25.6. The number of nitrogens with two attached hydrogens (primary N) is 1. The summed E-state index contributed by atoms with van der Waals surface area (Å²) >= 11 is 0. The van der Waals surface area contributed by atoms with Gasteiger partial charge in [-0.3, -0.25) is 4.90 Å². The number of aryl methyl sites for hydroxylation is 2. The van der Waals surface area contributed by atoms with E-state index in [-0.39, 0.29) is 34.4 Å². The van der Waals surface area contributed by atoms with Crippen LogP contribution in [0.1, 0.15) is 69.0 Å². The van der Waals surface area contributed by atoms with Crippen molar-refractivity contribution in [3.8, 4) is 17.3 Å². The summed E-state index contributed by atoms with van der Waals surface area (Å²) in [5.74, 6) is -0.140. The highest BCUT2D eigenvalue weighted by atomic mass is 19.1. The van der Waals surface area contributed by atoms with Gasteiger partial charge in [0.15, 0.2) is 5.82 Å². The molecule has 3 aliphatic heterocycles. The van der Waals surface area contributed by atoms with Crippen LogP contribution in [0.2, 0.25) is 0 Å². The van der Waals surface area contributed by atoms with Gasteiger partial charge in [-0.15, -0.1) is 0 Å². The highest BCUT2D eigenvalue weighted by Gasteiger charge is 2.45. The number of aromatic nitrogens is 3. The number of nitrogens with zero attached hydrogens (tertiary/aromatic N) is 4. The molecule has 4 aromatic rings. The molecule has 5 heterocycles. The molecule has 1 atom stereocenters. The number of nitrogens with one attached hydrogen (secondary N) is 1. The lowest BCUT2D eigenvalue weighted by molar-refractivity contribution is 0.108. The molecule has 3 saturated heterocycles. The Bertz CT molecular complexity index is 1680. The minimum atomic E-state index is -0.589. The molecule has 2 aromatic carbocycles. The predicted molar refractivity (Wildman–Crippen MR) is 171 cm³/mol.